The summed E-state index contributed by atoms with van der Waals surface area (Å²) in [6.45, 7) is 1.74. The molecule has 0 saturated carbocycles. The van der Waals surface area contributed by atoms with Gasteiger partial charge in [0.05, 0.1) is 5.56 Å². The van der Waals surface area contributed by atoms with E-state index in [1.54, 1.807) is 37.4 Å². The van der Waals surface area contributed by atoms with Crippen molar-refractivity contribution in [3.8, 4) is 11.5 Å². The smallest absolute Gasteiger partial charge is 0.257 e. The second kappa shape index (κ2) is 5.54. The first kappa shape index (κ1) is 13.0. The van der Waals surface area contributed by atoms with Crippen LogP contribution in [0.5, 0.6) is 0 Å². The van der Waals surface area contributed by atoms with Crippen LogP contribution in [0.25, 0.3) is 11.5 Å². The van der Waals surface area contributed by atoms with Crippen LogP contribution in [0.2, 0.25) is 0 Å². The molecule has 6 heteroatoms. The van der Waals surface area contributed by atoms with Gasteiger partial charge < -0.3 is 9.73 Å². The molecule has 1 amide bonds. The summed E-state index contributed by atoms with van der Waals surface area (Å²) in [5.41, 5.74) is 1.99. The lowest BCUT2D eigenvalue weighted by Crippen LogP contribution is -2.11. The summed E-state index contributed by atoms with van der Waals surface area (Å²) >= 11 is 0. The molecular formula is C15H12N4O2. The molecule has 0 atom stereocenters. The number of hydrogen-bond acceptors (Lipinski definition) is 5. The molecule has 1 aromatic carbocycles. The minimum Gasteiger partial charge on any atom is -0.421 e. The van der Waals surface area contributed by atoms with Crippen LogP contribution in [0.4, 0.5) is 5.69 Å². The van der Waals surface area contributed by atoms with Crippen molar-refractivity contribution < 1.29 is 9.21 Å². The lowest BCUT2D eigenvalue weighted by molar-refractivity contribution is 0.102. The second-order valence-corrected chi connectivity index (χ2v) is 4.40. The highest BCUT2D eigenvalue weighted by Gasteiger charge is 2.08. The predicted molar refractivity (Wildman–Crippen MR) is 76.7 cm³/mol. The second-order valence-electron chi connectivity index (χ2n) is 4.40. The molecule has 0 aliphatic heterocycles. The number of pyridine rings is 1. The molecule has 6 nitrogen and oxygen atoms in total. The molecule has 0 fully saturated rings. The van der Waals surface area contributed by atoms with Gasteiger partial charge in [0.1, 0.15) is 0 Å². The number of aromatic nitrogens is 3. The summed E-state index contributed by atoms with van der Waals surface area (Å²) < 4.78 is 5.34. The van der Waals surface area contributed by atoms with Crippen LogP contribution in [-0.4, -0.2) is 21.1 Å². The van der Waals surface area contributed by atoms with E-state index in [2.05, 4.69) is 20.5 Å². The third kappa shape index (κ3) is 2.94. The molecule has 0 aliphatic carbocycles. The Kier molecular flexibility index (Phi) is 3.42. The molecule has 1 N–H and O–H groups in total. The Morgan fingerprint density at radius 2 is 1.95 bits per heavy atom. The van der Waals surface area contributed by atoms with Crippen molar-refractivity contribution in [1.82, 2.24) is 15.2 Å². The summed E-state index contributed by atoms with van der Waals surface area (Å²) in [5, 5.41) is 10.5. The van der Waals surface area contributed by atoms with Crippen molar-refractivity contribution in [2.75, 3.05) is 5.32 Å². The zero-order chi connectivity index (χ0) is 14.7. The fourth-order valence-electron chi connectivity index (χ4n) is 1.81. The van der Waals surface area contributed by atoms with Gasteiger partial charge in [-0.2, -0.15) is 0 Å². The molecule has 3 aromatic rings. The van der Waals surface area contributed by atoms with Gasteiger partial charge in [-0.15, -0.1) is 10.2 Å². The van der Waals surface area contributed by atoms with Crippen LogP contribution in [0.3, 0.4) is 0 Å². The third-order valence-electron chi connectivity index (χ3n) is 2.84. The van der Waals surface area contributed by atoms with E-state index in [-0.39, 0.29) is 5.91 Å². The average molecular weight is 280 g/mol. The molecule has 0 spiro atoms. The van der Waals surface area contributed by atoms with Crippen LogP contribution in [0.1, 0.15) is 16.2 Å². The Labute approximate surface area is 120 Å². The molecule has 2 aromatic heterocycles. The van der Waals surface area contributed by atoms with Crippen molar-refractivity contribution in [3.05, 3.63) is 60.2 Å². The lowest BCUT2D eigenvalue weighted by Gasteiger charge is -2.05. The summed E-state index contributed by atoms with van der Waals surface area (Å²) in [6, 6.07) is 10.6. The molecular weight excluding hydrogens is 268 g/mol. The first-order chi connectivity index (χ1) is 10.2. The topological polar surface area (TPSA) is 80.9 Å². The van der Waals surface area contributed by atoms with Crippen molar-refractivity contribution in [3.63, 3.8) is 0 Å². The number of carbonyl (C=O) groups is 1. The number of hydrogen-bond donors (Lipinski definition) is 1. The lowest BCUT2D eigenvalue weighted by atomic mass is 10.2. The average Bonchev–Trinajstić information content (AvgIpc) is 2.95. The van der Waals surface area contributed by atoms with Gasteiger partial charge in [0.15, 0.2) is 0 Å². The minimum atomic E-state index is -0.204. The standard InChI is InChI=1S/C15H12N4O2/c1-10-18-19-15(21-10)11-4-6-13(7-5-11)17-14(20)12-3-2-8-16-9-12/h2-9H,1H3,(H,17,20). The molecule has 0 radical (unpaired) electrons. The molecule has 0 bridgehead atoms. The van der Waals surface area contributed by atoms with E-state index in [0.717, 1.165) is 5.56 Å². The van der Waals surface area contributed by atoms with Crippen LogP contribution in [0, 0.1) is 6.92 Å². The Morgan fingerprint density at radius 3 is 2.57 bits per heavy atom. The highest BCUT2D eigenvalue weighted by molar-refractivity contribution is 6.04. The number of nitrogens with one attached hydrogen (secondary N) is 1. The Bertz CT molecular complexity index is 751. The highest BCUT2D eigenvalue weighted by atomic mass is 16.4. The maximum absolute atomic E-state index is 12.0. The van der Waals surface area contributed by atoms with Crippen LogP contribution in [-0.2, 0) is 0 Å². The maximum Gasteiger partial charge on any atom is 0.257 e. The van der Waals surface area contributed by atoms with Crippen LogP contribution >= 0.6 is 0 Å². The molecule has 0 saturated heterocycles. The first-order valence-corrected chi connectivity index (χ1v) is 6.34. The summed E-state index contributed by atoms with van der Waals surface area (Å²) in [6.07, 6.45) is 3.14. The summed E-state index contributed by atoms with van der Waals surface area (Å²) in [5.74, 6) is 0.765. The maximum atomic E-state index is 12.0. The quantitative estimate of drug-likeness (QED) is 0.797. The fraction of sp³-hybridized carbons (Fsp3) is 0.0667. The van der Waals surface area contributed by atoms with E-state index in [0.29, 0.717) is 23.0 Å². The van der Waals surface area contributed by atoms with Gasteiger partial charge in [-0.1, -0.05) is 0 Å². The largest absolute Gasteiger partial charge is 0.421 e. The van der Waals surface area contributed by atoms with Gasteiger partial charge in [-0.05, 0) is 36.4 Å². The number of nitrogens with zero attached hydrogens (tertiary/aromatic N) is 3. The minimum absolute atomic E-state index is 0.204. The summed E-state index contributed by atoms with van der Waals surface area (Å²) in [7, 11) is 0. The Morgan fingerprint density at radius 1 is 1.14 bits per heavy atom. The van der Waals surface area contributed by atoms with Crippen LogP contribution < -0.4 is 5.32 Å². The Hall–Kier alpha value is -3.02. The molecule has 104 valence electrons. The predicted octanol–water partition coefficient (Wildman–Crippen LogP) is 2.69. The number of benzene rings is 1. The first-order valence-electron chi connectivity index (χ1n) is 6.34. The van der Waals surface area contributed by atoms with Crippen molar-refractivity contribution in [2.24, 2.45) is 0 Å². The molecule has 2 heterocycles. The van der Waals surface area contributed by atoms with Gasteiger partial charge in [0.25, 0.3) is 5.91 Å². The number of anilines is 1. The Balaban J connectivity index is 1.74. The SMILES string of the molecule is Cc1nnc(-c2ccc(NC(=O)c3cccnc3)cc2)o1. The van der Waals surface area contributed by atoms with E-state index in [4.69, 9.17) is 4.42 Å². The van der Waals surface area contributed by atoms with E-state index in [1.165, 1.54) is 6.20 Å². The van der Waals surface area contributed by atoms with Crippen molar-refractivity contribution in [2.45, 2.75) is 6.92 Å². The summed E-state index contributed by atoms with van der Waals surface area (Å²) in [4.78, 5) is 15.9. The zero-order valence-corrected chi connectivity index (χ0v) is 11.3. The van der Waals surface area contributed by atoms with E-state index in [1.807, 2.05) is 12.1 Å². The number of amides is 1. The van der Waals surface area contributed by atoms with Crippen molar-refractivity contribution in [1.29, 1.82) is 0 Å². The third-order valence-corrected chi connectivity index (χ3v) is 2.84. The van der Waals surface area contributed by atoms with E-state index >= 15 is 0 Å². The molecule has 0 aliphatic rings. The number of rotatable bonds is 3. The van der Waals surface area contributed by atoms with Gasteiger partial charge in [0, 0.05) is 30.6 Å². The zero-order valence-electron chi connectivity index (χ0n) is 11.3. The van der Waals surface area contributed by atoms with E-state index in [9.17, 15) is 4.79 Å². The van der Waals surface area contributed by atoms with Gasteiger partial charge in [0.2, 0.25) is 11.8 Å². The van der Waals surface area contributed by atoms with Gasteiger partial charge in [-0.25, -0.2) is 0 Å². The van der Waals surface area contributed by atoms with Gasteiger partial charge in [-0.3, -0.25) is 9.78 Å². The normalized spacial score (nSPS) is 10.3. The fourth-order valence-corrected chi connectivity index (χ4v) is 1.81. The number of aryl methyl sites for hydroxylation is 1. The number of carbonyl (C=O) groups excluding carboxylic acids is 1. The van der Waals surface area contributed by atoms with Crippen LogP contribution in [0.15, 0.2) is 53.2 Å². The van der Waals surface area contributed by atoms with E-state index < -0.39 is 0 Å². The monoisotopic (exact) mass is 280 g/mol. The van der Waals surface area contributed by atoms with Crippen molar-refractivity contribution >= 4 is 11.6 Å². The molecule has 3 rings (SSSR count). The molecule has 0 unspecified atom stereocenters. The van der Waals surface area contributed by atoms with Gasteiger partial charge >= 0.3 is 0 Å². The molecule has 21 heavy (non-hydrogen) atoms. The highest BCUT2D eigenvalue weighted by Crippen LogP contribution is 2.20.